The molecule has 0 atom stereocenters. The fourth-order valence-electron chi connectivity index (χ4n) is 13.0. The molecule has 9 heterocycles. The van der Waals surface area contributed by atoms with Crippen molar-refractivity contribution >= 4 is 35.3 Å². The van der Waals surface area contributed by atoms with Crippen LogP contribution in [0.2, 0.25) is 0 Å². The molecule has 0 saturated carbocycles. The Hall–Kier alpha value is -13.0. The Labute approximate surface area is 627 Å². The average molecular weight is 1480 g/mol. The van der Waals surface area contributed by atoms with E-state index in [2.05, 4.69) is 61.2 Å². The number of benzene rings is 6. The molecule has 0 spiro atoms. The SMILES string of the molecule is COc1cc(N2CCN(C(=O)Cn3nc(-c4ccc(OC(F)F)cc4)cc3-c3ccccc3)CC2)ncn1.COc1ccc(-c2cc(-c3ccccc3)n(CC(=O)N3CCN(c4ncccn4)CC3)n2)cc1C.O=C(Cn1nc(-c2ccc(OC(F)F)cc2)cc1-c1ccccc1)N1CCN(c2ccccn2)CC1. The molecule has 0 N–H and O–H groups in total. The highest BCUT2D eigenvalue weighted by Crippen LogP contribution is 2.33. The van der Waals surface area contributed by atoms with Gasteiger partial charge in [0.1, 0.15) is 54.8 Å². The molecule has 12 aromatic rings. The van der Waals surface area contributed by atoms with Gasteiger partial charge in [0, 0.05) is 120 Å². The number of aryl methyl sites for hydroxylation is 1. The Morgan fingerprint density at radius 3 is 1.17 bits per heavy atom. The van der Waals surface area contributed by atoms with Crippen molar-refractivity contribution in [2.24, 2.45) is 0 Å². The fourth-order valence-corrected chi connectivity index (χ4v) is 13.0. The Morgan fingerprint density at radius 1 is 0.376 bits per heavy atom. The highest BCUT2D eigenvalue weighted by Gasteiger charge is 2.28. The summed E-state index contributed by atoms with van der Waals surface area (Å²) in [6.07, 6.45) is 6.72. The van der Waals surface area contributed by atoms with E-state index in [-0.39, 0.29) is 48.9 Å². The van der Waals surface area contributed by atoms with Gasteiger partial charge in [-0.1, -0.05) is 97.1 Å². The number of carbonyl (C=O) groups is 3. The molecule has 3 fully saturated rings. The predicted molar refractivity (Wildman–Crippen MR) is 405 cm³/mol. The lowest BCUT2D eigenvalue weighted by Crippen LogP contribution is -2.50. The summed E-state index contributed by atoms with van der Waals surface area (Å²) < 4.78 is 74.7. The molecular weight excluding hydrogens is 1400 g/mol. The summed E-state index contributed by atoms with van der Waals surface area (Å²) in [4.78, 5) is 73.2. The maximum atomic E-state index is 13.3. The zero-order valence-electron chi connectivity index (χ0n) is 60.2. The number of methoxy groups -OCH3 is 2. The number of amides is 3. The molecule has 3 saturated heterocycles. The molecule has 3 aliphatic heterocycles. The average Bonchev–Trinajstić information content (AvgIpc) is 1.66. The van der Waals surface area contributed by atoms with Crippen LogP contribution >= 0.6 is 0 Å². The Balaban J connectivity index is 0.000000144. The van der Waals surface area contributed by atoms with Crippen molar-refractivity contribution in [1.29, 1.82) is 0 Å². The van der Waals surface area contributed by atoms with Gasteiger partial charge >= 0.3 is 13.2 Å². The highest BCUT2D eigenvalue weighted by atomic mass is 19.3. The van der Waals surface area contributed by atoms with E-state index < -0.39 is 13.2 Å². The number of pyridine rings is 1. The van der Waals surface area contributed by atoms with Gasteiger partial charge in [-0.3, -0.25) is 28.4 Å². The minimum Gasteiger partial charge on any atom is -0.496 e. The summed E-state index contributed by atoms with van der Waals surface area (Å²) in [5.41, 5.74) is 11.0. The lowest BCUT2D eigenvalue weighted by atomic mass is 10.1. The molecule has 28 heteroatoms. The van der Waals surface area contributed by atoms with Crippen LogP contribution in [0.4, 0.5) is 35.1 Å². The van der Waals surface area contributed by atoms with Crippen LogP contribution in [0.3, 0.4) is 0 Å². The molecule has 6 aromatic carbocycles. The van der Waals surface area contributed by atoms with Crippen molar-refractivity contribution < 1.29 is 50.9 Å². The van der Waals surface area contributed by atoms with E-state index in [1.54, 1.807) is 78.6 Å². The first-order chi connectivity index (χ1) is 53.2. The van der Waals surface area contributed by atoms with Gasteiger partial charge in [-0.25, -0.2) is 24.9 Å². The largest absolute Gasteiger partial charge is 0.496 e. The van der Waals surface area contributed by atoms with Crippen molar-refractivity contribution in [2.75, 3.05) is 107 Å². The standard InChI is InChI=1S/C27H26F2N6O3.C27H25F2N5O2.C27H28N6O2/c1-37-25-16-24(30-18-31-25)33-11-13-34(14-12-33)26(36)17-35-23(20-5-3-2-4-6-20)15-22(32-35)19-7-9-21(10-8-19)38-27(28)29;28-27(29)36-22-11-9-20(10-12-22)23-18-24(21-6-2-1-3-7-21)34(31-23)19-26(35)33-16-14-32(15-17-33)25-8-4-5-13-30-25;1-20-17-22(9-10-25(20)35-2)23-18-24(21-7-4-3-5-8-21)33(30-23)19-26(34)31-13-15-32(16-14-31)27-28-11-6-12-29-27/h2-10,15-16,18,27H,11-14,17H2,1H3;1-13,18,27H,14-17,19H2;3-12,17-18H,13-16,19H2,1-2H3. The number of hydrogen-bond acceptors (Lipinski definition) is 18. The quantitative estimate of drug-likeness (QED) is 0.0609. The van der Waals surface area contributed by atoms with Crippen molar-refractivity contribution in [2.45, 2.75) is 39.8 Å². The number of nitrogens with zero attached hydrogens (tertiary/aromatic N) is 17. The summed E-state index contributed by atoms with van der Waals surface area (Å²) in [5, 5.41) is 14.3. The van der Waals surface area contributed by atoms with Crippen LogP contribution in [0.1, 0.15) is 5.56 Å². The lowest BCUT2D eigenvalue weighted by Gasteiger charge is -2.35. The molecule has 24 nitrogen and oxygen atoms in total. The van der Waals surface area contributed by atoms with Crippen LogP contribution < -0.4 is 33.6 Å². The van der Waals surface area contributed by atoms with Crippen molar-refractivity contribution in [3.05, 3.63) is 237 Å². The summed E-state index contributed by atoms with van der Waals surface area (Å²) in [6.45, 7) is 4.27. The van der Waals surface area contributed by atoms with Gasteiger partial charge in [-0.2, -0.15) is 32.9 Å². The lowest BCUT2D eigenvalue weighted by molar-refractivity contribution is -0.133. The van der Waals surface area contributed by atoms with Crippen LogP contribution in [0.5, 0.6) is 23.1 Å². The number of piperazine rings is 3. The van der Waals surface area contributed by atoms with Gasteiger partial charge in [-0.05, 0) is 132 Å². The third-order valence-electron chi connectivity index (χ3n) is 18.7. The molecule has 0 radical (unpaired) electrons. The number of hydrogen-bond donors (Lipinski definition) is 0. The van der Waals surface area contributed by atoms with Crippen LogP contribution in [-0.2, 0) is 34.0 Å². The first kappa shape index (κ1) is 74.3. The number of halogens is 4. The molecule has 0 aliphatic carbocycles. The molecule has 558 valence electrons. The van der Waals surface area contributed by atoms with E-state index >= 15 is 0 Å². The second kappa shape index (κ2) is 35.4. The summed E-state index contributed by atoms with van der Waals surface area (Å²) >= 11 is 0. The number of anilines is 3. The zero-order chi connectivity index (χ0) is 75.6. The molecule has 15 rings (SSSR count). The van der Waals surface area contributed by atoms with Crippen LogP contribution in [0.25, 0.3) is 67.5 Å². The van der Waals surface area contributed by atoms with E-state index in [0.717, 1.165) is 79.1 Å². The summed E-state index contributed by atoms with van der Waals surface area (Å²) in [5.74, 6) is 3.86. The second-order valence-electron chi connectivity index (χ2n) is 25.6. The maximum absolute atomic E-state index is 13.3. The van der Waals surface area contributed by atoms with Gasteiger partial charge in [0.2, 0.25) is 29.5 Å². The topological polar surface area (TPSA) is 225 Å². The molecule has 3 aliphatic rings. The smallest absolute Gasteiger partial charge is 0.387 e. The molecule has 0 bridgehead atoms. The van der Waals surface area contributed by atoms with Gasteiger partial charge in [0.05, 0.1) is 48.4 Å². The Bertz CT molecular complexity index is 4950. The molecular formula is C81H79F4N17O7. The molecule has 109 heavy (non-hydrogen) atoms. The van der Waals surface area contributed by atoms with E-state index in [0.29, 0.717) is 102 Å². The van der Waals surface area contributed by atoms with Crippen molar-refractivity contribution in [3.63, 3.8) is 0 Å². The highest BCUT2D eigenvalue weighted by molar-refractivity contribution is 5.81. The zero-order valence-corrected chi connectivity index (χ0v) is 60.2. The van der Waals surface area contributed by atoms with Gasteiger partial charge < -0.3 is 48.3 Å². The molecule has 6 aromatic heterocycles. The first-order valence-corrected chi connectivity index (χ1v) is 35.5. The number of ether oxygens (including phenoxy) is 4. The fraction of sp³-hybridized carbons (Fsp3) is 0.247. The van der Waals surface area contributed by atoms with Crippen LogP contribution in [-0.4, -0.2) is 193 Å². The third kappa shape index (κ3) is 19.0. The summed E-state index contributed by atoms with van der Waals surface area (Å²) in [6, 6.07) is 63.3. The van der Waals surface area contributed by atoms with Crippen LogP contribution in [0, 0.1) is 6.92 Å². The monoisotopic (exact) mass is 1480 g/mol. The Morgan fingerprint density at radius 2 is 0.771 bits per heavy atom. The number of carbonyl (C=O) groups excluding carboxylic acids is 3. The Kier molecular flexibility index (Phi) is 24.1. The molecule has 0 unspecified atom stereocenters. The van der Waals surface area contributed by atoms with Gasteiger partial charge in [-0.15, -0.1) is 0 Å². The second-order valence-corrected chi connectivity index (χ2v) is 25.6. The number of alkyl halides is 4. The normalized spacial score (nSPS) is 13.7. The predicted octanol–water partition coefficient (Wildman–Crippen LogP) is 12.2. The van der Waals surface area contributed by atoms with E-state index in [4.69, 9.17) is 24.8 Å². The van der Waals surface area contributed by atoms with Gasteiger partial charge in [0.25, 0.3) is 0 Å². The van der Waals surface area contributed by atoms with E-state index in [9.17, 15) is 31.9 Å². The minimum atomic E-state index is -2.89. The third-order valence-corrected chi connectivity index (χ3v) is 18.7. The van der Waals surface area contributed by atoms with Crippen molar-refractivity contribution in [3.8, 4) is 90.7 Å². The molecule has 3 amide bonds. The number of aromatic nitrogens is 11. The van der Waals surface area contributed by atoms with Crippen molar-refractivity contribution in [1.82, 2.24) is 69.0 Å². The van der Waals surface area contributed by atoms with Crippen LogP contribution in [0.15, 0.2) is 231 Å². The van der Waals surface area contributed by atoms with E-state index in [1.165, 1.54) is 30.6 Å². The minimum absolute atomic E-state index is 0.0109. The van der Waals surface area contributed by atoms with E-state index in [1.807, 2.05) is 160 Å². The number of rotatable bonds is 21. The summed E-state index contributed by atoms with van der Waals surface area (Å²) in [7, 11) is 3.23. The van der Waals surface area contributed by atoms with Gasteiger partial charge in [0.15, 0.2) is 0 Å². The first-order valence-electron chi connectivity index (χ1n) is 35.5. The maximum Gasteiger partial charge on any atom is 0.387 e.